The van der Waals surface area contributed by atoms with E-state index in [1.165, 1.54) is 18.9 Å². The number of hydrogen-bond donors (Lipinski definition) is 4. The molecule has 0 aromatic heterocycles. The molecular weight excluding hydrogens is 915 g/mol. The van der Waals surface area contributed by atoms with E-state index >= 15 is 0 Å². The molecule has 0 unspecified atom stereocenters. The number of esters is 2. The number of fused-ring (bicyclic) bond motifs is 3. The summed E-state index contributed by atoms with van der Waals surface area (Å²) in [4.78, 5) is 84.9. The Hall–Kier alpha value is -3.90. The van der Waals surface area contributed by atoms with Gasteiger partial charge < -0.3 is 49.0 Å². The minimum Gasteiger partial charge on any atom is -0.462 e. The summed E-state index contributed by atoms with van der Waals surface area (Å²) in [6.07, 6.45) is 11.8. The minimum absolute atomic E-state index is 0.000990. The normalized spacial score (nSPS) is 37.1. The number of methoxy groups -OCH3 is 2. The van der Waals surface area contributed by atoms with Gasteiger partial charge in [0, 0.05) is 51.4 Å². The third kappa shape index (κ3) is 15.8. The second kappa shape index (κ2) is 27.4. The predicted octanol–water partition coefficient (Wildman–Crippen LogP) is 6.10. The molecule has 400 valence electrons. The van der Waals surface area contributed by atoms with Gasteiger partial charge in [-0.3, -0.25) is 24.0 Å². The Bertz CT molecular complexity index is 1950. The number of carbonyl (C=O) groups is 6. The summed E-state index contributed by atoms with van der Waals surface area (Å²) in [5, 5.41) is 42.8. The SMILES string of the molecule is CO[C@H]1C[C@@H]2CC[C@@H](C)[C@@](O)(O2)C(=O)C(=O)N2CCCC[C@H]2C(=O)O[C@H]([C@H](C)CC2CCC(OC(=O)C(C)(CO)CO)CC2)CC(=O)[C@H](C)/C=C(\C)[C@@H](O)[C@@H](OC)C(=O)[C@H](C)C[C@H](C)\C=C/C=C/C=C/1C. The first-order valence-corrected chi connectivity index (χ1v) is 25.9. The Morgan fingerprint density at radius 1 is 0.887 bits per heavy atom. The maximum atomic E-state index is 14.5. The van der Waals surface area contributed by atoms with Gasteiger partial charge in [0.15, 0.2) is 5.78 Å². The van der Waals surface area contributed by atoms with Crippen LogP contribution in [0.4, 0.5) is 0 Å². The smallest absolute Gasteiger partial charge is 0.329 e. The number of cyclic esters (lactones) is 1. The summed E-state index contributed by atoms with van der Waals surface area (Å²) >= 11 is 0. The molecule has 1 saturated carbocycles. The van der Waals surface area contributed by atoms with Crippen LogP contribution in [-0.2, 0) is 52.5 Å². The standard InChI is InChI=1S/C55H85NO15/c1-33-16-12-11-13-17-34(2)45(67-9)29-42-22-19-39(7)55(66,71-42)50(62)51(63)56-25-15-14-18-43(56)52(64)70-46(30-44(59)35(3)27-38(6)48(61)49(68-10)47(60)37(5)26-33)36(4)28-40-20-23-41(24-21-40)69-53(65)54(8,31-57)32-58/h11-13,16-17,27,33,35-37,39-43,45-46,48-49,57-58,61,66H,14-15,18-26,28-32H2,1-10H3/b13-11+,16-12-,34-17+,38-27+/t33-,35-,36-,37-,39-,40?,41?,42+,43+,45+,46+,48-,49+,55-/m1/s1. The monoisotopic (exact) mass is 1000 g/mol. The number of ketones is 3. The molecule has 0 radical (unpaired) electrons. The number of aliphatic hydroxyl groups is 4. The molecule has 1 amide bonds. The van der Waals surface area contributed by atoms with Gasteiger partial charge in [-0.05, 0) is 120 Å². The molecule has 2 saturated heterocycles. The molecule has 12 atom stereocenters. The number of carbonyl (C=O) groups excluding carboxylic acids is 6. The molecule has 4 N–H and O–H groups in total. The Balaban J connectivity index is 1.67. The van der Waals surface area contributed by atoms with Crippen molar-refractivity contribution in [3.63, 3.8) is 0 Å². The van der Waals surface area contributed by atoms with Crippen LogP contribution in [0.2, 0.25) is 0 Å². The van der Waals surface area contributed by atoms with Gasteiger partial charge >= 0.3 is 11.9 Å². The number of hydrogen-bond acceptors (Lipinski definition) is 15. The molecule has 0 aromatic rings. The summed E-state index contributed by atoms with van der Waals surface area (Å²) in [7, 11) is 2.93. The van der Waals surface area contributed by atoms with E-state index in [0.29, 0.717) is 76.2 Å². The Morgan fingerprint density at radius 3 is 2.20 bits per heavy atom. The second-order valence-electron chi connectivity index (χ2n) is 21.5. The van der Waals surface area contributed by atoms with Crippen molar-refractivity contribution >= 4 is 35.2 Å². The molecule has 16 heteroatoms. The molecule has 4 rings (SSSR count). The van der Waals surface area contributed by atoms with Crippen molar-refractivity contribution in [2.75, 3.05) is 34.0 Å². The summed E-state index contributed by atoms with van der Waals surface area (Å²) in [6, 6.07) is -1.18. The van der Waals surface area contributed by atoms with E-state index in [2.05, 4.69) is 0 Å². The number of rotatable bonds is 9. The Kier molecular flexibility index (Phi) is 23.0. The lowest BCUT2D eigenvalue weighted by atomic mass is 9.79. The molecule has 3 fully saturated rings. The molecule has 0 aromatic carbocycles. The van der Waals surface area contributed by atoms with Gasteiger partial charge in [-0.25, -0.2) is 4.79 Å². The maximum Gasteiger partial charge on any atom is 0.329 e. The van der Waals surface area contributed by atoms with Gasteiger partial charge in [-0.1, -0.05) is 71.1 Å². The number of amides is 1. The molecule has 16 nitrogen and oxygen atoms in total. The zero-order valence-electron chi connectivity index (χ0n) is 44.0. The highest BCUT2D eigenvalue weighted by atomic mass is 16.6. The van der Waals surface area contributed by atoms with Crippen LogP contribution >= 0.6 is 0 Å². The molecule has 3 aliphatic heterocycles. The number of ether oxygens (including phenoxy) is 5. The first-order chi connectivity index (χ1) is 33.5. The fourth-order valence-electron chi connectivity index (χ4n) is 10.4. The van der Waals surface area contributed by atoms with Crippen LogP contribution in [0, 0.1) is 40.9 Å². The number of Topliss-reactive ketones (excluding diaryl/α,β-unsaturated/α-hetero) is 3. The van der Waals surface area contributed by atoms with Crippen molar-refractivity contribution in [2.24, 2.45) is 40.9 Å². The van der Waals surface area contributed by atoms with Crippen LogP contribution in [0.3, 0.4) is 0 Å². The highest BCUT2D eigenvalue weighted by molar-refractivity contribution is 6.39. The number of allylic oxidation sites excluding steroid dienone is 6. The van der Waals surface area contributed by atoms with Gasteiger partial charge in [0.05, 0.1) is 25.4 Å². The van der Waals surface area contributed by atoms with Crippen molar-refractivity contribution in [3.05, 3.63) is 47.6 Å². The Labute approximate surface area is 421 Å². The largest absolute Gasteiger partial charge is 0.462 e. The third-order valence-electron chi connectivity index (χ3n) is 15.6. The molecule has 3 heterocycles. The average molecular weight is 1000 g/mol. The van der Waals surface area contributed by atoms with Gasteiger partial charge in [-0.2, -0.15) is 0 Å². The Morgan fingerprint density at radius 2 is 1.56 bits per heavy atom. The molecule has 4 aliphatic rings. The van der Waals surface area contributed by atoms with Crippen molar-refractivity contribution in [2.45, 2.75) is 187 Å². The van der Waals surface area contributed by atoms with Gasteiger partial charge in [-0.15, -0.1) is 0 Å². The van der Waals surface area contributed by atoms with Crippen LogP contribution in [0.15, 0.2) is 47.6 Å². The van der Waals surface area contributed by atoms with Gasteiger partial charge in [0.1, 0.15) is 41.7 Å². The number of piperidine rings is 1. The molecule has 1 aliphatic carbocycles. The van der Waals surface area contributed by atoms with Crippen LogP contribution in [0.25, 0.3) is 0 Å². The van der Waals surface area contributed by atoms with Crippen LogP contribution in [0.5, 0.6) is 0 Å². The van der Waals surface area contributed by atoms with E-state index in [4.69, 9.17) is 23.7 Å². The quantitative estimate of drug-likeness (QED) is 0.116. The van der Waals surface area contributed by atoms with Crippen molar-refractivity contribution in [1.82, 2.24) is 4.90 Å². The van der Waals surface area contributed by atoms with E-state index in [0.717, 1.165) is 5.57 Å². The van der Waals surface area contributed by atoms with Crippen molar-refractivity contribution in [3.8, 4) is 0 Å². The topological polar surface area (TPSA) is 233 Å². The van der Waals surface area contributed by atoms with Gasteiger partial charge in [0.2, 0.25) is 5.79 Å². The summed E-state index contributed by atoms with van der Waals surface area (Å²) in [5.74, 6) is -8.93. The van der Waals surface area contributed by atoms with Crippen molar-refractivity contribution < 1.29 is 72.9 Å². The number of aliphatic hydroxyl groups excluding tert-OH is 3. The second-order valence-corrected chi connectivity index (χ2v) is 21.5. The van der Waals surface area contributed by atoms with E-state index in [-0.39, 0.29) is 48.7 Å². The summed E-state index contributed by atoms with van der Waals surface area (Å²) in [6.45, 7) is 12.9. The number of nitrogens with zero attached hydrogens (tertiary/aromatic N) is 1. The highest BCUT2D eigenvalue weighted by Crippen LogP contribution is 2.38. The molecule has 0 spiro atoms. The van der Waals surface area contributed by atoms with Gasteiger partial charge in [0.25, 0.3) is 11.7 Å². The van der Waals surface area contributed by atoms with E-state index in [9.17, 15) is 49.2 Å². The van der Waals surface area contributed by atoms with Crippen LogP contribution in [0.1, 0.15) is 139 Å². The average Bonchev–Trinajstić information content (AvgIpc) is 3.35. The predicted molar refractivity (Wildman–Crippen MR) is 265 cm³/mol. The first kappa shape index (κ1) is 59.7. The van der Waals surface area contributed by atoms with E-state index in [1.807, 2.05) is 51.2 Å². The summed E-state index contributed by atoms with van der Waals surface area (Å²) in [5.41, 5.74) is -0.187. The minimum atomic E-state index is -2.45. The lowest BCUT2D eigenvalue weighted by molar-refractivity contribution is -0.265. The van der Waals surface area contributed by atoms with Crippen molar-refractivity contribution in [1.29, 1.82) is 0 Å². The zero-order chi connectivity index (χ0) is 52.8. The fourth-order valence-corrected chi connectivity index (χ4v) is 10.4. The van der Waals surface area contributed by atoms with E-state index in [1.54, 1.807) is 40.9 Å². The summed E-state index contributed by atoms with van der Waals surface area (Å²) < 4.78 is 29.5. The molecule has 2 bridgehead atoms. The third-order valence-corrected chi connectivity index (χ3v) is 15.6. The fraction of sp³-hybridized carbons (Fsp3) is 0.745. The first-order valence-electron chi connectivity index (χ1n) is 25.9. The highest BCUT2D eigenvalue weighted by Gasteiger charge is 2.53. The zero-order valence-corrected chi connectivity index (χ0v) is 44.0. The lowest BCUT2D eigenvalue weighted by Crippen LogP contribution is -2.61. The van der Waals surface area contributed by atoms with E-state index < -0.39 is 108 Å². The lowest BCUT2D eigenvalue weighted by Gasteiger charge is -2.42. The molecular formula is C55H85NO15. The van der Waals surface area contributed by atoms with Crippen LogP contribution in [-0.4, -0.2) is 143 Å². The maximum absolute atomic E-state index is 14.5. The molecule has 71 heavy (non-hydrogen) atoms. The van der Waals surface area contributed by atoms with Crippen LogP contribution < -0.4 is 0 Å².